The van der Waals surface area contributed by atoms with Gasteiger partial charge >= 0.3 is 0 Å². The maximum Gasteiger partial charge on any atom is 0.240 e. The zero-order valence-electron chi connectivity index (χ0n) is 16.8. The SMILES string of the molecule is Cc1nn(-c2ccccc2)c(Cl)c1/C=N\NC(=O)CC12CC3CC(CC(C3)C1)C2. The van der Waals surface area contributed by atoms with E-state index in [0.717, 1.165) is 34.7 Å². The number of carbonyl (C=O) groups is 1. The van der Waals surface area contributed by atoms with Gasteiger partial charge in [-0.2, -0.15) is 10.2 Å². The van der Waals surface area contributed by atoms with E-state index >= 15 is 0 Å². The van der Waals surface area contributed by atoms with Gasteiger partial charge in [0.2, 0.25) is 5.91 Å². The highest BCUT2D eigenvalue weighted by Crippen LogP contribution is 2.61. The zero-order valence-corrected chi connectivity index (χ0v) is 17.5. The van der Waals surface area contributed by atoms with Gasteiger partial charge in [-0.05, 0) is 80.8 Å². The Balaban J connectivity index is 1.25. The van der Waals surface area contributed by atoms with Crippen LogP contribution in [-0.4, -0.2) is 21.9 Å². The second-order valence-corrected chi connectivity index (χ2v) is 9.78. The molecule has 1 amide bonds. The molecule has 5 nitrogen and oxygen atoms in total. The molecule has 0 radical (unpaired) electrons. The van der Waals surface area contributed by atoms with Crippen LogP contribution in [0, 0.1) is 30.1 Å². The Morgan fingerprint density at radius 2 is 1.83 bits per heavy atom. The molecule has 2 aromatic rings. The monoisotopic (exact) mass is 410 g/mol. The number of aryl methyl sites for hydroxylation is 1. The van der Waals surface area contributed by atoms with Crippen molar-refractivity contribution in [3.63, 3.8) is 0 Å². The summed E-state index contributed by atoms with van der Waals surface area (Å²) in [7, 11) is 0. The quantitative estimate of drug-likeness (QED) is 0.563. The number of hydrogen-bond acceptors (Lipinski definition) is 3. The number of hydrogen-bond donors (Lipinski definition) is 1. The molecule has 0 unspecified atom stereocenters. The number of aromatic nitrogens is 2. The fourth-order valence-corrected chi connectivity index (χ4v) is 6.77. The molecule has 4 bridgehead atoms. The third-order valence-electron chi connectivity index (χ3n) is 7.13. The van der Waals surface area contributed by atoms with E-state index in [1.165, 1.54) is 38.5 Å². The highest BCUT2D eigenvalue weighted by atomic mass is 35.5. The lowest BCUT2D eigenvalue weighted by Crippen LogP contribution is -2.47. The Hall–Kier alpha value is -2.14. The molecule has 6 heteroatoms. The number of para-hydroxylation sites is 1. The molecular formula is C23H27ClN4O. The molecule has 152 valence electrons. The Kier molecular flexibility index (Phi) is 4.73. The maximum absolute atomic E-state index is 12.6. The molecule has 1 aromatic heterocycles. The summed E-state index contributed by atoms with van der Waals surface area (Å²) in [5.74, 6) is 2.57. The summed E-state index contributed by atoms with van der Waals surface area (Å²) in [4.78, 5) is 12.6. The molecule has 0 aliphatic heterocycles. The van der Waals surface area contributed by atoms with Gasteiger partial charge in [0.1, 0.15) is 5.15 Å². The van der Waals surface area contributed by atoms with Gasteiger partial charge in [-0.3, -0.25) is 4.79 Å². The van der Waals surface area contributed by atoms with Crippen molar-refractivity contribution in [2.24, 2.45) is 28.3 Å². The Bertz CT molecular complexity index is 914. The first-order valence-corrected chi connectivity index (χ1v) is 11.0. The van der Waals surface area contributed by atoms with Gasteiger partial charge in [0, 0.05) is 6.42 Å². The highest BCUT2D eigenvalue weighted by molar-refractivity contribution is 6.32. The average Bonchev–Trinajstić information content (AvgIpc) is 2.95. The van der Waals surface area contributed by atoms with E-state index in [-0.39, 0.29) is 11.3 Å². The van der Waals surface area contributed by atoms with Gasteiger partial charge in [0.05, 0.1) is 23.2 Å². The summed E-state index contributed by atoms with van der Waals surface area (Å²) in [5.41, 5.74) is 5.36. The first-order valence-electron chi connectivity index (χ1n) is 10.6. The van der Waals surface area contributed by atoms with Gasteiger partial charge in [0.25, 0.3) is 0 Å². The second-order valence-electron chi connectivity index (χ2n) is 9.42. The number of benzene rings is 1. The van der Waals surface area contributed by atoms with Gasteiger partial charge in [-0.1, -0.05) is 29.8 Å². The smallest absolute Gasteiger partial charge is 0.240 e. The molecule has 1 heterocycles. The topological polar surface area (TPSA) is 59.3 Å². The first kappa shape index (κ1) is 18.9. The van der Waals surface area contributed by atoms with Crippen LogP contribution in [-0.2, 0) is 4.79 Å². The minimum atomic E-state index is 0.0208. The number of nitrogens with zero attached hydrogens (tertiary/aromatic N) is 3. The fraction of sp³-hybridized carbons (Fsp3) is 0.522. The van der Waals surface area contributed by atoms with Gasteiger partial charge in [-0.25, -0.2) is 10.1 Å². The lowest BCUT2D eigenvalue weighted by atomic mass is 9.49. The summed E-state index contributed by atoms with van der Waals surface area (Å²) in [6.45, 7) is 1.89. The van der Waals surface area contributed by atoms with Crippen LogP contribution in [0.2, 0.25) is 5.15 Å². The number of hydrazone groups is 1. The third-order valence-corrected chi connectivity index (χ3v) is 7.50. The molecule has 4 fully saturated rings. The predicted octanol–water partition coefficient (Wildman–Crippen LogP) is 4.89. The second kappa shape index (κ2) is 7.28. The summed E-state index contributed by atoms with van der Waals surface area (Å²) >= 11 is 6.52. The van der Waals surface area contributed by atoms with Gasteiger partial charge < -0.3 is 0 Å². The van der Waals surface area contributed by atoms with Crippen molar-refractivity contribution in [1.82, 2.24) is 15.2 Å². The van der Waals surface area contributed by atoms with E-state index in [1.807, 2.05) is 37.3 Å². The molecule has 4 aliphatic rings. The first-order chi connectivity index (χ1) is 14.0. The molecule has 0 saturated heterocycles. The lowest BCUT2D eigenvalue weighted by molar-refractivity contribution is -0.129. The van der Waals surface area contributed by atoms with Crippen LogP contribution in [0.1, 0.15) is 56.2 Å². The number of nitrogens with one attached hydrogen (secondary N) is 1. The third kappa shape index (κ3) is 3.61. The van der Waals surface area contributed by atoms with Gasteiger partial charge in [0.15, 0.2) is 0 Å². The fourth-order valence-electron chi connectivity index (χ4n) is 6.45. The summed E-state index contributed by atoms with van der Waals surface area (Å²) in [6.07, 6.45) is 10.1. The van der Waals surface area contributed by atoms with E-state index in [4.69, 9.17) is 11.6 Å². The van der Waals surface area contributed by atoms with Crippen LogP contribution in [0.15, 0.2) is 35.4 Å². The summed E-state index contributed by atoms with van der Waals surface area (Å²) < 4.78 is 1.69. The minimum Gasteiger partial charge on any atom is -0.273 e. The van der Waals surface area contributed by atoms with E-state index in [0.29, 0.717) is 11.6 Å². The molecule has 4 saturated carbocycles. The van der Waals surface area contributed by atoms with E-state index in [1.54, 1.807) is 10.9 Å². The molecule has 1 aromatic carbocycles. The predicted molar refractivity (Wildman–Crippen MR) is 114 cm³/mol. The molecule has 4 aliphatic carbocycles. The van der Waals surface area contributed by atoms with Crippen molar-refractivity contribution in [3.8, 4) is 5.69 Å². The maximum atomic E-state index is 12.6. The van der Waals surface area contributed by atoms with Crippen molar-refractivity contribution >= 4 is 23.7 Å². The molecule has 1 N–H and O–H groups in total. The summed E-state index contributed by atoms with van der Waals surface area (Å²) in [5, 5.41) is 9.21. The number of halogens is 1. The normalized spacial score (nSPS) is 30.2. The average molecular weight is 411 g/mol. The number of amides is 1. The Morgan fingerprint density at radius 1 is 1.21 bits per heavy atom. The van der Waals surface area contributed by atoms with Crippen molar-refractivity contribution in [2.45, 2.75) is 51.9 Å². The lowest BCUT2D eigenvalue weighted by Gasteiger charge is -2.56. The Morgan fingerprint density at radius 3 is 2.45 bits per heavy atom. The van der Waals surface area contributed by atoms with Crippen molar-refractivity contribution in [2.75, 3.05) is 0 Å². The van der Waals surface area contributed by atoms with Gasteiger partial charge in [-0.15, -0.1) is 0 Å². The van der Waals surface area contributed by atoms with Crippen molar-refractivity contribution in [3.05, 3.63) is 46.7 Å². The largest absolute Gasteiger partial charge is 0.273 e. The zero-order chi connectivity index (χ0) is 20.0. The van der Waals surface area contributed by atoms with Crippen LogP contribution in [0.4, 0.5) is 0 Å². The van der Waals surface area contributed by atoms with Crippen molar-refractivity contribution in [1.29, 1.82) is 0 Å². The van der Waals surface area contributed by atoms with Crippen LogP contribution in [0.25, 0.3) is 5.69 Å². The molecule has 0 spiro atoms. The van der Waals surface area contributed by atoms with Crippen LogP contribution >= 0.6 is 11.6 Å². The minimum absolute atomic E-state index is 0.0208. The van der Waals surface area contributed by atoms with Crippen molar-refractivity contribution < 1.29 is 4.79 Å². The molecule has 0 atom stereocenters. The number of carbonyl (C=O) groups excluding carboxylic acids is 1. The van der Waals surface area contributed by atoms with E-state index in [9.17, 15) is 4.79 Å². The molecule has 6 rings (SSSR count). The molecule has 29 heavy (non-hydrogen) atoms. The molecular weight excluding hydrogens is 384 g/mol. The van der Waals surface area contributed by atoms with E-state index < -0.39 is 0 Å². The van der Waals surface area contributed by atoms with Crippen LogP contribution in [0.5, 0.6) is 0 Å². The van der Waals surface area contributed by atoms with Crippen LogP contribution in [0.3, 0.4) is 0 Å². The highest BCUT2D eigenvalue weighted by Gasteiger charge is 2.51. The standard InChI is InChI=1S/C23H27ClN4O/c1-15-20(22(24)28(27-15)19-5-3-2-4-6-19)14-25-26-21(29)13-23-10-16-7-17(11-23)9-18(8-16)12-23/h2-6,14,16-18H,7-13H2,1H3,(H,26,29)/b25-14-. The summed E-state index contributed by atoms with van der Waals surface area (Å²) in [6, 6.07) is 9.75. The van der Waals surface area contributed by atoms with Crippen LogP contribution < -0.4 is 5.43 Å². The van der Waals surface area contributed by atoms with E-state index in [2.05, 4.69) is 15.6 Å². The Labute approximate surface area is 176 Å². The number of rotatable bonds is 5.